The van der Waals surface area contributed by atoms with Crippen molar-refractivity contribution in [3.05, 3.63) is 18.3 Å². The zero-order valence-corrected chi connectivity index (χ0v) is 10.6. The maximum atomic E-state index is 12.0. The Balaban J connectivity index is 2.54. The molecule has 4 nitrogen and oxygen atoms in total. The summed E-state index contributed by atoms with van der Waals surface area (Å²) in [7, 11) is 0. The van der Waals surface area contributed by atoms with Crippen molar-refractivity contribution < 1.29 is 4.79 Å². The van der Waals surface area contributed by atoms with Crippen LogP contribution in [-0.4, -0.2) is 10.9 Å². The standard InChI is InChI=1S/C13H21N3O/c1-3-5-6-10(4-2)13(17)16-11-7-8-12(14)15-9-11/h7-10H,3-6H2,1-2H3,(H2,14,15)(H,16,17). The lowest BCUT2D eigenvalue weighted by molar-refractivity contribution is -0.120. The highest BCUT2D eigenvalue weighted by atomic mass is 16.1. The molecule has 1 rings (SSSR count). The minimum absolute atomic E-state index is 0.0764. The molecule has 0 aromatic carbocycles. The van der Waals surface area contributed by atoms with Crippen LogP contribution in [0.25, 0.3) is 0 Å². The van der Waals surface area contributed by atoms with Gasteiger partial charge in [0.15, 0.2) is 0 Å². The summed E-state index contributed by atoms with van der Waals surface area (Å²) in [5.74, 6) is 0.626. The molecule has 0 aliphatic carbocycles. The summed E-state index contributed by atoms with van der Waals surface area (Å²) in [4.78, 5) is 15.9. The second-order valence-corrected chi connectivity index (χ2v) is 4.21. The zero-order valence-electron chi connectivity index (χ0n) is 10.6. The lowest BCUT2D eigenvalue weighted by Crippen LogP contribution is -2.22. The summed E-state index contributed by atoms with van der Waals surface area (Å²) in [6.45, 7) is 4.18. The number of rotatable bonds is 6. The smallest absolute Gasteiger partial charge is 0.227 e. The highest BCUT2D eigenvalue weighted by Crippen LogP contribution is 2.16. The van der Waals surface area contributed by atoms with Crippen LogP contribution in [0.15, 0.2) is 18.3 Å². The Morgan fingerprint density at radius 3 is 2.76 bits per heavy atom. The third-order valence-corrected chi connectivity index (χ3v) is 2.82. The lowest BCUT2D eigenvalue weighted by Gasteiger charge is -2.14. The number of amides is 1. The van der Waals surface area contributed by atoms with Crippen molar-refractivity contribution in [1.29, 1.82) is 0 Å². The van der Waals surface area contributed by atoms with E-state index in [1.807, 2.05) is 6.92 Å². The molecule has 4 heteroatoms. The van der Waals surface area contributed by atoms with Crippen LogP contribution in [0.2, 0.25) is 0 Å². The molecule has 1 heterocycles. The van der Waals surface area contributed by atoms with E-state index in [2.05, 4.69) is 17.2 Å². The summed E-state index contributed by atoms with van der Waals surface area (Å²) >= 11 is 0. The summed E-state index contributed by atoms with van der Waals surface area (Å²) in [6.07, 6.45) is 5.61. The number of carbonyl (C=O) groups excluding carboxylic acids is 1. The topological polar surface area (TPSA) is 68.0 Å². The van der Waals surface area contributed by atoms with Crippen LogP contribution < -0.4 is 11.1 Å². The van der Waals surface area contributed by atoms with E-state index >= 15 is 0 Å². The number of carbonyl (C=O) groups is 1. The molecule has 0 saturated carbocycles. The number of hydrogen-bond acceptors (Lipinski definition) is 3. The highest BCUT2D eigenvalue weighted by Gasteiger charge is 2.15. The van der Waals surface area contributed by atoms with Crippen LogP contribution in [0, 0.1) is 5.92 Å². The van der Waals surface area contributed by atoms with Gasteiger partial charge in [0.05, 0.1) is 11.9 Å². The number of nitrogens with one attached hydrogen (secondary N) is 1. The van der Waals surface area contributed by atoms with Crippen molar-refractivity contribution in [3.8, 4) is 0 Å². The zero-order chi connectivity index (χ0) is 12.7. The summed E-state index contributed by atoms with van der Waals surface area (Å²) in [5, 5.41) is 2.87. The molecule has 3 N–H and O–H groups in total. The summed E-state index contributed by atoms with van der Waals surface area (Å²) in [5.41, 5.74) is 6.19. The quantitative estimate of drug-likeness (QED) is 0.796. The molecule has 0 bridgehead atoms. The molecule has 0 fully saturated rings. The maximum Gasteiger partial charge on any atom is 0.227 e. The Morgan fingerprint density at radius 1 is 1.47 bits per heavy atom. The molecule has 94 valence electrons. The Hall–Kier alpha value is -1.58. The van der Waals surface area contributed by atoms with Crippen LogP contribution >= 0.6 is 0 Å². The molecule has 0 spiro atoms. The summed E-state index contributed by atoms with van der Waals surface area (Å²) in [6, 6.07) is 3.45. The Kier molecular flexibility index (Phi) is 5.46. The van der Waals surface area contributed by atoms with E-state index < -0.39 is 0 Å². The van der Waals surface area contributed by atoms with E-state index in [0.717, 1.165) is 25.7 Å². The highest BCUT2D eigenvalue weighted by molar-refractivity contribution is 5.92. The molecule has 1 atom stereocenters. The van der Waals surface area contributed by atoms with Gasteiger partial charge in [-0.1, -0.05) is 26.7 Å². The van der Waals surface area contributed by atoms with Crippen LogP contribution in [0.1, 0.15) is 39.5 Å². The summed E-state index contributed by atoms with van der Waals surface area (Å²) < 4.78 is 0. The largest absolute Gasteiger partial charge is 0.384 e. The second-order valence-electron chi connectivity index (χ2n) is 4.21. The fourth-order valence-corrected chi connectivity index (χ4v) is 1.69. The monoisotopic (exact) mass is 235 g/mol. The fourth-order valence-electron chi connectivity index (χ4n) is 1.69. The normalized spacial score (nSPS) is 12.1. The third kappa shape index (κ3) is 4.43. The average Bonchev–Trinajstić information content (AvgIpc) is 2.33. The van der Waals surface area contributed by atoms with E-state index in [0.29, 0.717) is 11.5 Å². The maximum absolute atomic E-state index is 12.0. The SMILES string of the molecule is CCCCC(CC)C(=O)Nc1ccc(N)nc1. The predicted octanol–water partition coefficient (Wildman–Crippen LogP) is 2.82. The minimum atomic E-state index is 0.0764. The number of aromatic nitrogens is 1. The van der Waals surface area contributed by atoms with Gasteiger partial charge in [0, 0.05) is 5.92 Å². The van der Waals surface area contributed by atoms with Crippen molar-refractivity contribution >= 4 is 17.4 Å². The number of nitrogens with zero attached hydrogens (tertiary/aromatic N) is 1. The first kappa shape index (κ1) is 13.5. The van der Waals surface area contributed by atoms with Gasteiger partial charge < -0.3 is 11.1 Å². The van der Waals surface area contributed by atoms with Crippen molar-refractivity contribution in [2.75, 3.05) is 11.1 Å². The second kappa shape index (κ2) is 6.89. The van der Waals surface area contributed by atoms with Gasteiger partial charge in [0.2, 0.25) is 5.91 Å². The van der Waals surface area contributed by atoms with Crippen LogP contribution in [0.3, 0.4) is 0 Å². The van der Waals surface area contributed by atoms with E-state index in [4.69, 9.17) is 5.73 Å². The minimum Gasteiger partial charge on any atom is -0.384 e. The van der Waals surface area contributed by atoms with Crippen LogP contribution in [-0.2, 0) is 4.79 Å². The number of pyridine rings is 1. The van der Waals surface area contributed by atoms with Gasteiger partial charge >= 0.3 is 0 Å². The molecule has 1 amide bonds. The van der Waals surface area contributed by atoms with E-state index in [1.165, 1.54) is 0 Å². The van der Waals surface area contributed by atoms with Crippen molar-refractivity contribution in [2.45, 2.75) is 39.5 Å². The number of nitrogen functional groups attached to an aromatic ring is 1. The van der Waals surface area contributed by atoms with Crippen molar-refractivity contribution in [1.82, 2.24) is 4.98 Å². The van der Waals surface area contributed by atoms with Crippen molar-refractivity contribution in [2.24, 2.45) is 5.92 Å². The molecule has 0 aliphatic heterocycles. The van der Waals surface area contributed by atoms with E-state index in [-0.39, 0.29) is 11.8 Å². The van der Waals surface area contributed by atoms with Gasteiger partial charge in [-0.15, -0.1) is 0 Å². The van der Waals surface area contributed by atoms with Crippen LogP contribution in [0.4, 0.5) is 11.5 Å². The van der Waals surface area contributed by atoms with Gasteiger partial charge in [0.25, 0.3) is 0 Å². The Labute approximate surface area is 103 Å². The lowest BCUT2D eigenvalue weighted by atomic mass is 9.98. The van der Waals surface area contributed by atoms with Gasteiger partial charge in [-0.3, -0.25) is 4.79 Å². The van der Waals surface area contributed by atoms with Gasteiger partial charge in [-0.2, -0.15) is 0 Å². The van der Waals surface area contributed by atoms with Gasteiger partial charge in [0.1, 0.15) is 5.82 Å². The molecular formula is C13H21N3O. The van der Waals surface area contributed by atoms with Gasteiger partial charge in [-0.05, 0) is 25.0 Å². The van der Waals surface area contributed by atoms with Crippen molar-refractivity contribution in [3.63, 3.8) is 0 Å². The molecule has 1 unspecified atom stereocenters. The molecule has 0 saturated heterocycles. The molecule has 1 aromatic rings. The molecule has 0 radical (unpaired) electrons. The number of anilines is 2. The van der Waals surface area contributed by atoms with E-state index in [9.17, 15) is 4.79 Å². The first-order valence-corrected chi connectivity index (χ1v) is 6.19. The predicted molar refractivity (Wildman–Crippen MR) is 70.6 cm³/mol. The fraction of sp³-hybridized carbons (Fsp3) is 0.538. The molecule has 1 aromatic heterocycles. The number of nitrogens with two attached hydrogens (primary N) is 1. The molecule has 17 heavy (non-hydrogen) atoms. The van der Waals surface area contributed by atoms with Crippen LogP contribution in [0.5, 0.6) is 0 Å². The first-order chi connectivity index (χ1) is 8.17. The average molecular weight is 235 g/mol. The Bertz CT molecular complexity index is 348. The first-order valence-electron chi connectivity index (χ1n) is 6.19. The van der Waals surface area contributed by atoms with Gasteiger partial charge in [-0.25, -0.2) is 4.98 Å². The van der Waals surface area contributed by atoms with E-state index in [1.54, 1.807) is 18.3 Å². The number of hydrogen-bond donors (Lipinski definition) is 2. The number of unbranched alkanes of at least 4 members (excludes halogenated alkanes) is 1. The molecular weight excluding hydrogens is 214 g/mol. The molecule has 0 aliphatic rings. The Morgan fingerprint density at radius 2 is 2.24 bits per heavy atom. The third-order valence-electron chi connectivity index (χ3n) is 2.82.